The van der Waals surface area contributed by atoms with Gasteiger partial charge in [0.25, 0.3) is 0 Å². The number of carbonyl (C=O) groups excluding carboxylic acids is 2. The summed E-state index contributed by atoms with van der Waals surface area (Å²) in [4.78, 5) is 35.6. The fraction of sp³-hybridized carbons (Fsp3) is 0.526. The van der Waals surface area contributed by atoms with Crippen molar-refractivity contribution in [2.24, 2.45) is 11.7 Å². The number of aliphatic carboxylic acids is 1. The van der Waals surface area contributed by atoms with Crippen LogP contribution >= 0.6 is 0 Å². The Kier molecular flexibility index (Phi) is 10.8. The predicted octanol–water partition coefficient (Wildman–Crippen LogP) is -0.00930. The normalized spacial score (nSPS) is 13.8. The van der Waals surface area contributed by atoms with Crippen molar-refractivity contribution in [3.05, 3.63) is 29.8 Å². The number of carboxylic acid groups (broad SMARTS) is 1. The van der Waals surface area contributed by atoms with E-state index < -0.39 is 42.5 Å². The lowest BCUT2D eigenvalue weighted by Crippen LogP contribution is -2.56. The summed E-state index contributed by atoms with van der Waals surface area (Å²) in [6.45, 7) is 2.93. The smallest absolute Gasteiger partial charge is 0.326 e. The monoisotopic (exact) mass is 397 g/mol. The summed E-state index contributed by atoms with van der Waals surface area (Å²) in [6, 6.07) is 2.74. The Morgan fingerprint density at radius 3 is 2.04 bits per heavy atom. The van der Waals surface area contributed by atoms with Gasteiger partial charge in [0, 0.05) is 0 Å². The number of phenols is 1. The highest BCUT2D eigenvalue weighted by Crippen LogP contribution is 2.11. The Balaban J connectivity index is 0.00000729. The number of nitrogens with two attached hydrogens (primary N) is 1. The third-order valence-corrected chi connectivity index (χ3v) is 3.87. The molecule has 0 saturated heterocycles. The molecule has 9 heteroatoms. The maximum Gasteiger partial charge on any atom is 0.326 e. The van der Waals surface area contributed by atoms with Crippen molar-refractivity contribution in [3.63, 3.8) is 0 Å². The molecule has 0 aliphatic rings. The number of phenolic OH excluding ortho intramolecular Hbond substituents is 1. The van der Waals surface area contributed by atoms with Gasteiger partial charge in [0.1, 0.15) is 17.8 Å². The molecule has 9 nitrogen and oxygen atoms in total. The van der Waals surface area contributed by atoms with Crippen molar-refractivity contribution in [1.82, 2.24) is 10.6 Å². The van der Waals surface area contributed by atoms with E-state index in [4.69, 9.17) is 5.73 Å². The van der Waals surface area contributed by atoms with E-state index in [2.05, 4.69) is 10.6 Å². The third kappa shape index (κ3) is 8.36. The van der Waals surface area contributed by atoms with Crippen molar-refractivity contribution in [2.45, 2.75) is 52.2 Å². The number of amides is 2. The third-order valence-electron chi connectivity index (χ3n) is 3.87. The first-order valence-electron chi connectivity index (χ1n) is 8.62. The van der Waals surface area contributed by atoms with Crippen LogP contribution in [-0.4, -0.2) is 57.8 Å². The van der Waals surface area contributed by atoms with Gasteiger partial charge in [-0.25, -0.2) is 4.79 Å². The zero-order chi connectivity index (χ0) is 20.6. The van der Waals surface area contributed by atoms with Gasteiger partial charge in [-0.3, -0.25) is 9.59 Å². The highest BCUT2D eigenvalue weighted by Gasteiger charge is 2.28. The molecule has 0 saturated carbocycles. The average Bonchev–Trinajstić information content (AvgIpc) is 2.60. The van der Waals surface area contributed by atoms with Crippen molar-refractivity contribution in [2.75, 3.05) is 6.61 Å². The van der Waals surface area contributed by atoms with Crippen LogP contribution < -0.4 is 16.4 Å². The van der Waals surface area contributed by atoms with E-state index in [0.29, 0.717) is 5.56 Å². The molecule has 28 heavy (non-hydrogen) atoms. The second kappa shape index (κ2) is 11.9. The Morgan fingerprint density at radius 1 is 1.04 bits per heavy atom. The van der Waals surface area contributed by atoms with Crippen molar-refractivity contribution in [3.8, 4) is 5.75 Å². The zero-order valence-electron chi connectivity index (χ0n) is 15.4. The molecule has 0 aliphatic heterocycles. The Morgan fingerprint density at radius 2 is 1.57 bits per heavy atom. The molecule has 0 aliphatic carbocycles. The molecule has 2 amide bonds. The van der Waals surface area contributed by atoms with Gasteiger partial charge in [0.2, 0.25) is 11.8 Å². The predicted molar refractivity (Wildman–Crippen MR) is 105 cm³/mol. The van der Waals surface area contributed by atoms with Gasteiger partial charge in [0.05, 0.1) is 12.6 Å². The lowest BCUT2D eigenvalue weighted by atomic mass is 10.0. The summed E-state index contributed by atoms with van der Waals surface area (Å²) in [7, 11) is 0. The summed E-state index contributed by atoms with van der Waals surface area (Å²) in [6.07, 6.45) is 0.379. The van der Waals surface area contributed by atoms with Crippen molar-refractivity contribution < 1.29 is 29.7 Å². The van der Waals surface area contributed by atoms with Crippen LogP contribution in [0.1, 0.15) is 33.3 Å². The van der Waals surface area contributed by atoms with Crippen LogP contribution in [0.5, 0.6) is 5.75 Å². The molecular formula is C19H31N3O6. The van der Waals surface area contributed by atoms with Gasteiger partial charge in [-0.1, -0.05) is 33.4 Å². The van der Waals surface area contributed by atoms with Crippen LogP contribution in [0.25, 0.3) is 0 Å². The van der Waals surface area contributed by atoms with Gasteiger partial charge < -0.3 is 31.7 Å². The molecule has 0 heterocycles. The van der Waals surface area contributed by atoms with E-state index in [-0.39, 0.29) is 31.9 Å². The minimum atomic E-state index is -1.31. The summed E-state index contributed by atoms with van der Waals surface area (Å²) < 4.78 is 0. The van der Waals surface area contributed by atoms with Crippen LogP contribution in [0, 0.1) is 5.92 Å². The fourth-order valence-corrected chi connectivity index (χ4v) is 2.42. The fourth-order valence-electron chi connectivity index (χ4n) is 2.42. The molecule has 1 aromatic carbocycles. The maximum absolute atomic E-state index is 12.2. The lowest BCUT2D eigenvalue weighted by molar-refractivity contribution is -0.143. The second-order valence-electron chi connectivity index (χ2n) is 6.75. The first kappa shape index (κ1) is 25.4. The summed E-state index contributed by atoms with van der Waals surface area (Å²) in [5, 5.41) is 32.5. The standard InChI is InChI=1S/C18H27N3O6.CH4/c1-10(2)7-14(18(26)27)20-17(25)15(9-22)21-16(24)13(19)8-11-3-5-12(23)6-4-11;/h3-6,10,13-15,22-23H,7-9,19H2,1-2H3,(H,20,25)(H,21,24)(H,26,27);1H4. The molecule has 1 aromatic rings. The zero-order valence-corrected chi connectivity index (χ0v) is 15.4. The second-order valence-corrected chi connectivity index (χ2v) is 6.75. The number of aliphatic hydroxyl groups excluding tert-OH is 1. The molecule has 3 atom stereocenters. The Labute approximate surface area is 164 Å². The van der Waals surface area contributed by atoms with E-state index in [1.54, 1.807) is 12.1 Å². The number of benzene rings is 1. The van der Waals surface area contributed by atoms with Gasteiger partial charge in [-0.05, 0) is 36.5 Å². The molecule has 0 bridgehead atoms. The molecule has 158 valence electrons. The van der Waals surface area contributed by atoms with E-state index in [1.165, 1.54) is 12.1 Å². The molecule has 1 rings (SSSR count). The quantitative estimate of drug-likeness (QED) is 0.323. The number of hydrogen-bond donors (Lipinski definition) is 6. The van der Waals surface area contributed by atoms with E-state index in [9.17, 15) is 29.7 Å². The SMILES string of the molecule is C.CC(C)CC(NC(=O)C(CO)NC(=O)C(N)Cc1ccc(O)cc1)C(=O)O. The van der Waals surface area contributed by atoms with Crippen molar-refractivity contribution >= 4 is 17.8 Å². The van der Waals surface area contributed by atoms with E-state index in [0.717, 1.165) is 0 Å². The van der Waals surface area contributed by atoms with Gasteiger partial charge in [0.15, 0.2) is 0 Å². The molecule has 7 N–H and O–H groups in total. The van der Waals surface area contributed by atoms with Crippen LogP contribution in [0.4, 0.5) is 0 Å². The van der Waals surface area contributed by atoms with Gasteiger partial charge >= 0.3 is 5.97 Å². The number of carboxylic acids is 1. The number of hydrogen-bond acceptors (Lipinski definition) is 6. The first-order chi connectivity index (χ1) is 12.6. The van der Waals surface area contributed by atoms with Crippen LogP contribution in [0.2, 0.25) is 0 Å². The topological polar surface area (TPSA) is 162 Å². The molecule has 3 unspecified atom stereocenters. The van der Waals surface area contributed by atoms with Crippen LogP contribution in [0.3, 0.4) is 0 Å². The van der Waals surface area contributed by atoms with E-state index in [1.807, 2.05) is 13.8 Å². The minimum absolute atomic E-state index is 0. The number of aliphatic hydroxyl groups is 1. The summed E-state index contributed by atoms with van der Waals surface area (Å²) in [5.41, 5.74) is 6.54. The van der Waals surface area contributed by atoms with Crippen LogP contribution in [-0.2, 0) is 20.8 Å². The minimum Gasteiger partial charge on any atom is -0.508 e. The first-order valence-corrected chi connectivity index (χ1v) is 8.62. The summed E-state index contributed by atoms with van der Waals surface area (Å²) in [5.74, 6) is -2.52. The highest BCUT2D eigenvalue weighted by molar-refractivity contribution is 5.91. The van der Waals surface area contributed by atoms with E-state index >= 15 is 0 Å². The van der Waals surface area contributed by atoms with Crippen molar-refractivity contribution in [1.29, 1.82) is 0 Å². The number of rotatable bonds is 10. The largest absolute Gasteiger partial charge is 0.508 e. The number of nitrogens with one attached hydrogen (secondary N) is 2. The molecule has 0 spiro atoms. The Hall–Kier alpha value is -2.65. The highest BCUT2D eigenvalue weighted by atomic mass is 16.4. The Bertz CT molecular complexity index is 648. The molecule has 0 radical (unpaired) electrons. The summed E-state index contributed by atoms with van der Waals surface area (Å²) >= 11 is 0. The maximum atomic E-state index is 12.2. The average molecular weight is 397 g/mol. The number of carbonyl (C=O) groups is 3. The molecule has 0 fully saturated rings. The number of aromatic hydroxyl groups is 1. The molecular weight excluding hydrogens is 366 g/mol. The molecule has 0 aromatic heterocycles. The van der Waals surface area contributed by atoms with Gasteiger partial charge in [-0.15, -0.1) is 0 Å². The lowest BCUT2D eigenvalue weighted by Gasteiger charge is -2.22. The van der Waals surface area contributed by atoms with Gasteiger partial charge in [-0.2, -0.15) is 0 Å². The van der Waals surface area contributed by atoms with Crippen LogP contribution in [0.15, 0.2) is 24.3 Å².